The van der Waals surface area contributed by atoms with Gasteiger partial charge in [-0.1, -0.05) is 65.2 Å². The van der Waals surface area contributed by atoms with Crippen molar-refractivity contribution in [1.29, 1.82) is 0 Å². The number of carbonyl (C=O) groups excluding carboxylic acids is 1. The molecule has 0 aliphatic carbocycles. The molecule has 2 nitrogen and oxygen atoms in total. The summed E-state index contributed by atoms with van der Waals surface area (Å²) in [7, 11) is 0. The van der Waals surface area contributed by atoms with Crippen molar-refractivity contribution in [2.24, 2.45) is 5.92 Å². The predicted octanol–water partition coefficient (Wildman–Crippen LogP) is 2.90. The summed E-state index contributed by atoms with van der Waals surface area (Å²) in [4.78, 5) is 10.3. The van der Waals surface area contributed by atoms with E-state index < -0.39 is 5.97 Å². The van der Waals surface area contributed by atoms with Crippen LogP contribution in [0, 0.1) is 5.92 Å². The van der Waals surface area contributed by atoms with Crippen molar-refractivity contribution >= 4 is 5.97 Å². The van der Waals surface area contributed by atoms with Gasteiger partial charge in [0.05, 0.1) is 0 Å². The molecule has 0 spiro atoms. The maximum absolute atomic E-state index is 10.3. The van der Waals surface area contributed by atoms with Gasteiger partial charge in [-0.25, -0.2) is 0 Å². The van der Waals surface area contributed by atoms with Crippen molar-refractivity contribution in [3.63, 3.8) is 0 Å². The van der Waals surface area contributed by atoms with Gasteiger partial charge in [0.25, 0.3) is 0 Å². The fraction of sp³-hybridized carbons (Fsp3) is 0.923. The molecule has 0 fully saturated rings. The van der Waals surface area contributed by atoms with Gasteiger partial charge in [-0.2, -0.15) is 0 Å². The van der Waals surface area contributed by atoms with Crippen LogP contribution in [-0.4, -0.2) is 5.97 Å². The van der Waals surface area contributed by atoms with E-state index in [0.717, 1.165) is 6.42 Å². The lowest BCUT2D eigenvalue weighted by atomic mass is 9.99. The molecule has 0 saturated carbocycles. The SMILES string of the molecule is CCCCCCCCCC(C)CC(=O)[O-]. The molecular formula is C13H25O2-. The van der Waals surface area contributed by atoms with Gasteiger partial charge in [-0.3, -0.25) is 0 Å². The van der Waals surface area contributed by atoms with Crippen LogP contribution in [0.3, 0.4) is 0 Å². The average Bonchev–Trinajstić information content (AvgIpc) is 2.15. The molecular weight excluding hydrogens is 188 g/mol. The Morgan fingerprint density at radius 3 is 2.13 bits per heavy atom. The van der Waals surface area contributed by atoms with E-state index in [1.54, 1.807) is 0 Å². The van der Waals surface area contributed by atoms with E-state index in [2.05, 4.69) is 6.92 Å². The normalized spacial score (nSPS) is 12.7. The van der Waals surface area contributed by atoms with E-state index in [0.29, 0.717) is 0 Å². The lowest BCUT2D eigenvalue weighted by molar-refractivity contribution is -0.306. The predicted molar refractivity (Wildman–Crippen MR) is 61.4 cm³/mol. The van der Waals surface area contributed by atoms with Gasteiger partial charge in [0, 0.05) is 5.97 Å². The first kappa shape index (κ1) is 14.5. The standard InChI is InChI=1S/C13H26O2/c1-3-4-5-6-7-8-9-10-12(2)11-13(14)15/h12H,3-11H2,1-2H3,(H,14,15)/p-1. The van der Waals surface area contributed by atoms with Crippen LogP contribution in [0.15, 0.2) is 0 Å². The number of hydrogen-bond acceptors (Lipinski definition) is 2. The summed E-state index contributed by atoms with van der Waals surface area (Å²) in [5, 5.41) is 10.3. The summed E-state index contributed by atoms with van der Waals surface area (Å²) in [5.41, 5.74) is 0. The third-order valence-electron chi connectivity index (χ3n) is 2.82. The molecule has 1 atom stereocenters. The molecule has 0 aromatic carbocycles. The van der Waals surface area contributed by atoms with E-state index in [-0.39, 0.29) is 12.3 Å². The lowest BCUT2D eigenvalue weighted by Crippen LogP contribution is -2.24. The number of carbonyl (C=O) groups is 1. The number of unbranched alkanes of at least 4 members (excludes halogenated alkanes) is 6. The first-order chi connectivity index (χ1) is 7.16. The van der Waals surface area contributed by atoms with Crippen LogP contribution in [0.4, 0.5) is 0 Å². The zero-order valence-electron chi connectivity index (χ0n) is 10.3. The molecule has 1 unspecified atom stereocenters. The Balaban J connectivity index is 3.13. The summed E-state index contributed by atoms with van der Waals surface area (Å²) in [5.74, 6) is -0.629. The van der Waals surface area contributed by atoms with Crippen LogP contribution in [0.2, 0.25) is 0 Å². The minimum atomic E-state index is -0.912. The molecule has 15 heavy (non-hydrogen) atoms. The minimum absolute atomic E-state index is 0.218. The molecule has 0 amide bonds. The Labute approximate surface area is 94.1 Å². The van der Waals surface area contributed by atoms with E-state index in [1.165, 1.54) is 44.9 Å². The third-order valence-corrected chi connectivity index (χ3v) is 2.82. The van der Waals surface area contributed by atoms with Crippen molar-refractivity contribution in [1.82, 2.24) is 0 Å². The van der Waals surface area contributed by atoms with Gasteiger partial charge in [0.15, 0.2) is 0 Å². The highest BCUT2D eigenvalue weighted by Gasteiger charge is 2.01. The number of aliphatic carboxylic acids is 1. The Morgan fingerprint density at radius 2 is 1.60 bits per heavy atom. The van der Waals surface area contributed by atoms with Crippen molar-refractivity contribution in [2.45, 2.75) is 71.6 Å². The van der Waals surface area contributed by atoms with Crippen LogP contribution in [0.5, 0.6) is 0 Å². The maximum Gasteiger partial charge on any atom is 0.0416 e. The fourth-order valence-corrected chi connectivity index (χ4v) is 1.84. The molecule has 0 heterocycles. The monoisotopic (exact) mass is 213 g/mol. The average molecular weight is 213 g/mol. The highest BCUT2D eigenvalue weighted by Crippen LogP contribution is 2.14. The molecule has 0 aliphatic rings. The number of rotatable bonds is 10. The van der Waals surface area contributed by atoms with Gasteiger partial charge in [-0.05, 0) is 12.3 Å². The van der Waals surface area contributed by atoms with Crippen molar-refractivity contribution in [3.8, 4) is 0 Å². The summed E-state index contributed by atoms with van der Waals surface area (Å²) < 4.78 is 0. The molecule has 0 aliphatic heterocycles. The van der Waals surface area contributed by atoms with Crippen molar-refractivity contribution < 1.29 is 9.90 Å². The zero-order valence-corrected chi connectivity index (χ0v) is 10.3. The highest BCUT2D eigenvalue weighted by molar-refractivity contribution is 5.64. The van der Waals surface area contributed by atoms with E-state index >= 15 is 0 Å². The summed E-state index contributed by atoms with van der Waals surface area (Å²) in [6, 6.07) is 0. The summed E-state index contributed by atoms with van der Waals surface area (Å²) in [6.07, 6.45) is 10.3. The van der Waals surface area contributed by atoms with Crippen LogP contribution >= 0.6 is 0 Å². The molecule has 90 valence electrons. The Bertz CT molecular complexity index is 155. The molecule has 0 rings (SSSR count). The second kappa shape index (κ2) is 10.0. The molecule has 0 saturated heterocycles. The number of carboxylic acids is 1. The highest BCUT2D eigenvalue weighted by atomic mass is 16.4. The van der Waals surface area contributed by atoms with Gasteiger partial charge >= 0.3 is 0 Å². The lowest BCUT2D eigenvalue weighted by Gasteiger charge is -2.11. The quantitative estimate of drug-likeness (QED) is 0.523. The molecule has 0 radical (unpaired) electrons. The Morgan fingerprint density at radius 1 is 1.07 bits per heavy atom. The maximum atomic E-state index is 10.3. The van der Waals surface area contributed by atoms with Crippen LogP contribution in [0.1, 0.15) is 71.6 Å². The minimum Gasteiger partial charge on any atom is -0.550 e. The number of carboxylic acid groups (broad SMARTS) is 1. The largest absolute Gasteiger partial charge is 0.550 e. The van der Waals surface area contributed by atoms with E-state index in [4.69, 9.17) is 0 Å². The zero-order chi connectivity index (χ0) is 11.5. The first-order valence-electron chi connectivity index (χ1n) is 6.36. The third kappa shape index (κ3) is 11.4. The molecule has 0 aromatic rings. The van der Waals surface area contributed by atoms with Gasteiger partial charge in [0.1, 0.15) is 0 Å². The van der Waals surface area contributed by atoms with Crippen LogP contribution < -0.4 is 5.11 Å². The van der Waals surface area contributed by atoms with Gasteiger partial charge < -0.3 is 9.90 Å². The van der Waals surface area contributed by atoms with Gasteiger partial charge in [-0.15, -0.1) is 0 Å². The molecule has 2 heteroatoms. The van der Waals surface area contributed by atoms with Crippen LogP contribution in [0.25, 0.3) is 0 Å². The fourth-order valence-electron chi connectivity index (χ4n) is 1.84. The summed E-state index contributed by atoms with van der Waals surface area (Å²) >= 11 is 0. The Hall–Kier alpha value is -0.530. The second-order valence-electron chi connectivity index (χ2n) is 4.59. The Kier molecular flexibility index (Phi) is 9.65. The van der Waals surface area contributed by atoms with E-state index in [1.807, 2.05) is 6.92 Å². The second-order valence-corrected chi connectivity index (χ2v) is 4.59. The smallest absolute Gasteiger partial charge is 0.0416 e. The van der Waals surface area contributed by atoms with Gasteiger partial charge in [0.2, 0.25) is 0 Å². The topological polar surface area (TPSA) is 40.1 Å². The number of hydrogen-bond donors (Lipinski definition) is 0. The van der Waals surface area contributed by atoms with Crippen molar-refractivity contribution in [2.75, 3.05) is 0 Å². The molecule has 0 aromatic heterocycles. The van der Waals surface area contributed by atoms with Crippen LogP contribution in [-0.2, 0) is 4.79 Å². The summed E-state index contributed by atoms with van der Waals surface area (Å²) in [6.45, 7) is 4.22. The first-order valence-corrected chi connectivity index (χ1v) is 6.36. The molecule has 0 N–H and O–H groups in total. The van der Waals surface area contributed by atoms with Crippen molar-refractivity contribution in [3.05, 3.63) is 0 Å². The molecule has 0 bridgehead atoms. The van der Waals surface area contributed by atoms with E-state index in [9.17, 15) is 9.90 Å².